The molecular formula is C24H25N3O4S. The molecule has 0 bridgehead atoms. The predicted octanol–water partition coefficient (Wildman–Crippen LogP) is 3.29. The van der Waals surface area contributed by atoms with Gasteiger partial charge in [-0.2, -0.15) is 0 Å². The molecule has 0 radical (unpaired) electrons. The molecule has 0 aromatic heterocycles. The highest BCUT2D eigenvalue weighted by molar-refractivity contribution is 8.18. The number of nitrogens with one attached hydrogen (secondary N) is 2. The maximum Gasteiger partial charge on any atom is 0.293 e. The zero-order valence-electron chi connectivity index (χ0n) is 17.9. The van der Waals surface area contributed by atoms with Crippen molar-refractivity contribution in [1.29, 1.82) is 0 Å². The van der Waals surface area contributed by atoms with Gasteiger partial charge in [0.25, 0.3) is 17.1 Å². The van der Waals surface area contributed by atoms with Gasteiger partial charge in [-0.25, -0.2) is 0 Å². The van der Waals surface area contributed by atoms with Gasteiger partial charge in [-0.3, -0.25) is 24.1 Å². The summed E-state index contributed by atoms with van der Waals surface area (Å²) in [5.74, 6) is -1.22. The molecule has 1 fully saturated rings. The summed E-state index contributed by atoms with van der Waals surface area (Å²) in [5.41, 5.74) is 1.30. The Kier molecular flexibility index (Phi) is 7.83. The van der Waals surface area contributed by atoms with E-state index < -0.39 is 6.04 Å². The molecule has 1 aliphatic heterocycles. The van der Waals surface area contributed by atoms with Crippen LogP contribution in [-0.2, 0) is 9.59 Å². The quantitative estimate of drug-likeness (QED) is 0.601. The van der Waals surface area contributed by atoms with Crippen molar-refractivity contribution in [2.24, 2.45) is 5.92 Å². The summed E-state index contributed by atoms with van der Waals surface area (Å²) in [6.07, 6.45) is 1.68. The summed E-state index contributed by atoms with van der Waals surface area (Å²) in [6, 6.07) is 17.2. The van der Waals surface area contributed by atoms with E-state index >= 15 is 0 Å². The number of nitrogens with zero attached hydrogens (tertiary/aromatic N) is 1. The van der Waals surface area contributed by atoms with Crippen molar-refractivity contribution in [2.75, 3.05) is 13.1 Å². The number of hydrogen-bond acceptors (Lipinski definition) is 5. The van der Waals surface area contributed by atoms with E-state index in [1.165, 1.54) is 0 Å². The normalized spacial score (nSPS) is 15.8. The minimum absolute atomic E-state index is 0.0555. The summed E-state index contributed by atoms with van der Waals surface area (Å²) in [5, 5.41) is 5.11. The maximum atomic E-state index is 12.7. The van der Waals surface area contributed by atoms with E-state index in [0.29, 0.717) is 10.5 Å². The van der Waals surface area contributed by atoms with Crippen molar-refractivity contribution in [3.8, 4) is 0 Å². The van der Waals surface area contributed by atoms with Gasteiger partial charge < -0.3 is 10.6 Å². The number of carbonyl (C=O) groups is 4. The number of carbonyl (C=O) groups excluding carboxylic acids is 4. The molecule has 1 heterocycles. The lowest BCUT2D eigenvalue weighted by atomic mass is 10.0. The minimum atomic E-state index is -0.740. The van der Waals surface area contributed by atoms with Gasteiger partial charge in [-0.1, -0.05) is 62.4 Å². The van der Waals surface area contributed by atoms with Crippen molar-refractivity contribution in [3.05, 3.63) is 76.7 Å². The molecule has 0 unspecified atom stereocenters. The smallest absolute Gasteiger partial charge is 0.293 e. The van der Waals surface area contributed by atoms with Crippen LogP contribution < -0.4 is 10.6 Å². The first-order valence-corrected chi connectivity index (χ1v) is 11.1. The highest BCUT2D eigenvalue weighted by Gasteiger charge is 2.35. The summed E-state index contributed by atoms with van der Waals surface area (Å²) in [4.78, 5) is 51.4. The van der Waals surface area contributed by atoms with Crippen LogP contribution in [0.25, 0.3) is 6.08 Å². The minimum Gasteiger partial charge on any atom is -0.353 e. The molecule has 8 heteroatoms. The summed E-state index contributed by atoms with van der Waals surface area (Å²) in [7, 11) is 0. The van der Waals surface area contributed by atoms with E-state index in [9.17, 15) is 19.2 Å². The van der Waals surface area contributed by atoms with Crippen molar-refractivity contribution >= 4 is 40.8 Å². The number of benzene rings is 2. The van der Waals surface area contributed by atoms with E-state index in [4.69, 9.17) is 0 Å². The lowest BCUT2D eigenvalue weighted by molar-refractivity contribution is -0.125. The lowest BCUT2D eigenvalue weighted by Gasteiger charge is -2.22. The molecular weight excluding hydrogens is 426 g/mol. The Balaban J connectivity index is 1.55. The van der Waals surface area contributed by atoms with Crippen LogP contribution in [0.4, 0.5) is 4.79 Å². The fourth-order valence-electron chi connectivity index (χ4n) is 3.14. The molecule has 2 aromatic rings. The second-order valence-electron chi connectivity index (χ2n) is 7.60. The average Bonchev–Trinajstić information content (AvgIpc) is 3.05. The van der Waals surface area contributed by atoms with Crippen LogP contribution in [-0.4, -0.2) is 47.0 Å². The van der Waals surface area contributed by atoms with Crippen LogP contribution in [0.15, 0.2) is 65.6 Å². The van der Waals surface area contributed by atoms with Crippen LogP contribution >= 0.6 is 11.8 Å². The second-order valence-corrected chi connectivity index (χ2v) is 8.59. The van der Waals surface area contributed by atoms with Gasteiger partial charge in [0.2, 0.25) is 5.91 Å². The molecule has 0 aliphatic carbocycles. The van der Waals surface area contributed by atoms with Crippen LogP contribution in [0.5, 0.6) is 0 Å². The van der Waals surface area contributed by atoms with E-state index in [0.717, 1.165) is 22.2 Å². The zero-order valence-corrected chi connectivity index (χ0v) is 18.7. The number of amides is 4. The molecule has 3 rings (SSSR count). The Morgan fingerprint density at radius 3 is 2.25 bits per heavy atom. The first kappa shape index (κ1) is 23.3. The third-order valence-electron chi connectivity index (χ3n) is 4.88. The Morgan fingerprint density at radius 2 is 1.62 bits per heavy atom. The highest BCUT2D eigenvalue weighted by Crippen LogP contribution is 2.31. The van der Waals surface area contributed by atoms with Gasteiger partial charge in [-0.05, 0) is 41.5 Å². The van der Waals surface area contributed by atoms with Crippen molar-refractivity contribution in [3.63, 3.8) is 0 Å². The first-order valence-electron chi connectivity index (χ1n) is 10.3. The standard InChI is InChI=1S/C24H25N3O4S/c1-16(2)20(26-21(28)18-11-7-4-8-12-18)22(29)25-13-14-27-23(30)19(32-24(27)31)15-17-9-5-3-6-10-17/h3-12,15-16,20H,13-14H2,1-2H3,(H,25,29)(H,26,28)/t20-/m0/s1. The van der Waals surface area contributed by atoms with Crippen LogP contribution in [0.3, 0.4) is 0 Å². The Bertz CT molecular complexity index is 1020. The van der Waals surface area contributed by atoms with Gasteiger partial charge in [0, 0.05) is 18.7 Å². The zero-order chi connectivity index (χ0) is 23.1. The number of imide groups is 1. The molecule has 0 spiro atoms. The Hall–Kier alpha value is -3.39. The first-order chi connectivity index (χ1) is 15.4. The topological polar surface area (TPSA) is 95.6 Å². The Labute approximate surface area is 191 Å². The molecule has 1 saturated heterocycles. The maximum absolute atomic E-state index is 12.7. The fourth-order valence-corrected chi connectivity index (χ4v) is 4.01. The van der Waals surface area contributed by atoms with Crippen LogP contribution in [0.1, 0.15) is 29.8 Å². The molecule has 166 valence electrons. The number of rotatable bonds is 8. The largest absolute Gasteiger partial charge is 0.353 e. The fraction of sp³-hybridized carbons (Fsp3) is 0.250. The SMILES string of the molecule is CC(C)[C@H](NC(=O)c1ccccc1)C(=O)NCCN1C(=O)SC(=Cc2ccccc2)C1=O. The van der Waals surface area contributed by atoms with Gasteiger partial charge in [0.1, 0.15) is 6.04 Å². The molecule has 1 atom stereocenters. The molecule has 0 saturated carbocycles. The van der Waals surface area contributed by atoms with E-state index in [2.05, 4.69) is 10.6 Å². The van der Waals surface area contributed by atoms with Crippen LogP contribution in [0, 0.1) is 5.92 Å². The molecule has 32 heavy (non-hydrogen) atoms. The monoisotopic (exact) mass is 451 g/mol. The lowest BCUT2D eigenvalue weighted by Crippen LogP contribution is -2.51. The van der Waals surface area contributed by atoms with E-state index in [1.54, 1.807) is 30.3 Å². The van der Waals surface area contributed by atoms with E-state index in [1.807, 2.05) is 50.2 Å². The molecule has 1 aliphatic rings. The van der Waals surface area contributed by atoms with Crippen molar-refractivity contribution < 1.29 is 19.2 Å². The van der Waals surface area contributed by atoms with Gasteiger partial charge in [0.05, 0.1) is 4.91 Å². The highest BCUT2D eigenvalue weighted by atomic mass is 32.2. The average molecular weight is 452 g/mol. The second kappa shape index (κ2) is 10.8. The third-order valence-corrected chi connectivity index (χ3v) is 5.78. The summed E-state index contributed by atoms with van der Waals surface area (Å²) in [6.45, 7) is 3.82. The summed E-state index contributed by atoms with van der Waals surface area (Å²) < 4.78 is 0. The number of thioether (sulfide) groups is 1. The van der Waals surface area contributed by atoms with Gasteiger partial charge >= 0.3 is 0 Å². The molecule has 7 nitrogen and oxygen atoms in total. The van der Waals surface area contributed by atoms with Crippen LogP contribution in [0.2, 0.25) is 0 Å². The molecule has 4 amide bonds. The van der Waals surface area contributed by atoms with E-state index in [-0.39, 0.29) is 42.0 Å². The number of hydrogen-bond donors (Lipinski definition) is 2. The summed E-state index contributed by atoms with van der Waals surface area (Å²) >= 11 is 0.882. The molecule has 2 N–H and O–H groups in total. The van der Waals surface area contributed by atoms with Crippen molar-refractivity contribution in [2.45, 2.75) is 19.9 Å². The van der Waals surface area contributed by atoms with Crippen molar-refractivity contribution in [1.82, 2.24) is 15.5 Å². The third kappa shape index (κ3) is 5.85. The van der Waals surface area contributed by atoms with Gasteiger partial charge in [-0.15, -0.1) is 0 Å². The van der Waals surface area contributed by atoms with Gasteiger partial charge in [0.15, 0.2) is 0 Å². The predicted molar refractivity (Wildman–Crippen MR) is 125 cm³/mol. The molecule has 2 aromatic carbocycles. The Morgan fingerprint density at radius 1 is 1.00 bits per heavy atom.